The molecule has 0 aromatic carbocycles. The number of rotatable bonds is 3. The van der Waals surface area contributed by atoms with Crippen molar-refractivity contribution in [2.75, 3.05) is 6.61 Å². The van der Waals surface area contributed by atoms with Gasteiger partial charge in [-0.15, -0.1) is 0 Å². The number of aliphatic carboxylic acids is 1. The smallest absolute Gasteiger partial charge is 0.309 e. The summed E-state index contributed by atoms with van der Waals surface area (Å²) in [5.74, 6) is 0.898. The average molecular weight is 392 g/mol. The zero-order chi connectivity index (χ0) is 21.3. The Morgan fingerprint density at radius 1 is 1.32 bits per heavy atom. The summed E-state index contributed by atoms with van der Waals surface area (Å²) in [5.41, 5.74) is 7.59. The molecule has 0 saturated heterocycles. The Balaban J connectivity index is 0.000000409. The van der Waals surface area contributed by atoms with E-state index < -0.39 is 16.9 Å². The molecule has 3 aliphatic rings. The summed E-state index contributed by atoms with van der Waals surface area (Å²) < 4.78 is 0. The van der Waals surface area contributed by atoms with Gasteiger partial charge in [0.25, 0.3) is 0 Å². The van der Waals surface area contributed by atoms with Crippen LogP contribution in [-0.4, -0.2) is 28.3 Å². The number of carbonyl (C=O) groups is 1. The van der Waals surface area contributed by atoms with Gasteiger partial charge in [0.15, 0.2) is 0 Å². The Kier molecular flexibility index (Phi) is 6.87. The number of carboxylic acid groups (broad SMARTS) is 1. The number of aliphatic hydroxyl groups excluding tert-OH is 1. The molecule has 0 radical (unpaired) electrons. The molecule has 0 aromatic heterocycles. The lowest BCUT2D eigenvalue weighted by atomic mass is 9.46. The van der Waals surface area contributed by atoms with Crippen molar-refractivity contribution in [3.8, 4) is 0 Å². The van der Waals surface area contributed by atoms with Gasteiger partial charge in [-0.05, 0) is 81.6 Å². The fourth-order valence-electron chi connectivity index (χ4n) is 5.67. The number of fused-ring (bicyclic) bond motifs is 3. The van der Waals surface area contributed by atoms with Gasteiger partial charge in [0.2, 0.25) is 0 Å². The summed E-state index contributed by atoms with van der Waals surface area (Å²) >= 11 is 0. The maximum Gasteiger partial charge on any atom is 0.309 e. The molecule has 4 N–H and O–H groups in total. The minimum absolute atomic E-state index is 0.0486. The second-order valence-corrected chi connectivity index (χ2v) is 10.7. The van der Waals surface area contributed by atoms with E-state index in [2.05, 4.69) is 32.9 Å². The predicted octanol–water partition coefficient (Wildman–Crippen LogP) is 4.92. The fourth-order valence-corrected chi connectivity index (χ4v) is 5.67. The fraction of sp³-hybridized carbons (Fsp3) is 0.792. The van der Waals surface area contributed by atoms with Crippen molar-refractivity contribution in [1.82, 2.24) is 0 Å². The van der Waals surface area contributed by atoms with Gasteiger partial charge < -0.3 is 15.9 Å². The van der Waals surface area contributed by atoms with Crippen LogP contribution in [0.5, 0.6) is 0 Å². The SMILES string of the molecule is CC(C)(N)CO.CC(C)C1=CCC2C(=C1)CCC1C(C)(C(=O)O)CCCC21C. The minimum atomic E-state index is -0.579. The highest BCUT2D eigenvalue weighted by Gasteiger charge is 2.57. The molecule has 160 valence electrons. The Morgan fingerprint density at radius 3 is 2.43 bits per heavy atom. The molecule has 2 saturated carbocycles. The monoisotopic (exact) mass is 391 g/mol. The molecule has 4 nitrogen and oxygen atoms in total. The van der Waals surface area contributed by atoms with Crippen molar-refractivity contribution < 1.29 is 15.0 Å². The zero-order valence-electron chi connectivity index (χ0n) is 18.7. The lowest BCUT2D eigenvalue weighted by Gasteiger charge is -2.57. The number of nitrogens with two attached hydrogens (primary N) is 1. The molecule has 0 heterocycles. The zero-order valence-corrected chi connectivity index (χ0v) is 18.7. The third kappa shape index (κ3) is 4.54. The van der Waals surface area contributed by atoms with Gasteiger partial charge in [-0.2, -0.15) is 0 Å². The Labute approximate surface area is 171 Å². The molecule has 0 aromatic rings. The van der Waals surface area contributed by atoms with Crippen LogP contribution in [0.2, 0.25) is 0 Å². The summed E-state index contributed by atoms with van der Waals surface area (Å²) in [7, 11) is 0. The van der Waals surface area contributed by atoms with Gasteiger partial charge in [-0.3, -0.25) is 4.79 Å². The van der Waals surface area contributed by atoms with E-state index in [1.54, 1.807) is 19.4 Å². The molecule has 0 spiro atoms. The van der Waals surface area contributed by atoms with Gasteiger partial charge in [0, 0.05) is 5.54 Å². The van der Waals surface area contributed by atoms with Crippen LogP contribution in [0, 0.1) is 28.6 Å². The van der Waals surface area contributed by atoms with Crippen LogP contribution in [0.15, 0.2) is 23.3 Å². The van der Waals surface area contributed by atoms with Gasteiger partial charge >= 0.3 is 5.97 Å². The molecule has 4 heteroatoms. The summed E-state index contributed by atoms with van der Waals surface area (Å²) in [6, 6.07) is 0. The summed E-state index contributed by atoms with van der Waals surface area (Å²) in [6.07, 6.45) is 11.2. The molecular formula is C24H41NO3. The van der Waals surface area contributed by atoms with Crippen LogP contribution in [0.25, 0.3) is 0 Å². The highest BCUT2D eigenvalue weighted by atomic mass is 16.4. The first-order valence-corrected chi connectivity index (χ1v) is 10.9. The highest BCUT2D eigenvalue weighted by molar-refractivity contribution is 5.75. The molecule has 3 aliphatic carbocycles. The van der Waals surface area contributed by atoms with E-state index in [0.717, 1.165) is 32.1 Å². The quantitative estimate of drug-likeness (QED) is 0.637. The number of aliphatic hydroxyl groups is 1. The van der Waals surface area contributed by atoms with Crippen molar-refractivity contribution in [1.29, 1.82) is 0 Å². The molecule has 0 aliphatic heterocycles. The van der Waals surface area contributed by atoms with Crippen LogP contribution < -0.4 is 5.73 Å². The van der Waals surface area contributed by atoms with Crippen LogP contribution in [0.1, 0.15) is 80.1 Å². The van der Waals surface area contributed by atoms with Crippen molar-refractivity contribution >= 4 is 5.97 Å². The van der Waals surface area contributed by atoms with E-state index in [-0.39, 0.29) is 12.0 Å². The van der Waals surface area contributed by atoms with Gasteiger partial charge in [0.05, 0.1) is 12.0 Å². The van der Waals surface area contributed by atoms with Crippen LogP contribution >= 0.6 is 0 Å². The van der Waals surface area contributed by atoms with Crippen LogP contribution in [0.4, 0.5) is 0 Å². The lowest BCUT2D eigenvalue weighted by Crippen LogP contribution is -2.53. The van der Waals surface area contributed by atoms with Crippen molar-refractivity contribution in [2.24, 2.45) is 34.3 Å². The second kappa shape index (κ2) is 8.31. The normalized spacial score (nSPS) is 35.0. The van der Waals surface area contributed by atoms with Crippen LogP contribution in [0.3, 0.4) is 0 Å². The topological polar surface area (TPSA) is 83.5 Å². The summed E-state index contributed by atoms with van der Waals surface area (Å²) in [6.45, 7) is 12.5. The Bertz CT molecular complexity index is 643. The molecule has 4 atom stereocenters. The lowest BCUT2D eigenvalue weighted by molar-refractivity contribution is -0.164. The van der Waals surface area contributed by atoms with Crippen molar-refractivity contribution in [3.05, 3.63) is 23.3 Å². The Hall–Kier alpha value is -1.13. The maximum atomic E-state index is 11.9. The molecule has 2 fully saturated rings. The van der Waals surface area contributed by atoms with E-state index in [1.807, 2.05) is 6.92 Å². The number of hydrogen-bond donors (Lipinski definition) is 3. The van der Waals surface area contributed by atoms with Gasteiger partial charge in [-0.1, -0.05) is 44.9 Å². The molecular weight excluding hydrogens is 350 g/mol. The maximum absolute atomic E-state index is 11.9. The van der Waals surface area contributed by atoms with Gasteiger partial charge in [0.1, 0.15) is 0 Å². The molecule has 0 bridgehead atoms. The van der Waals surface area contributed by atoms with Crippen molar-refractivity contribution in [3.63, 3.8) is 0 Å². The van der Waals surface area contributed by atoms with Crippen LogP contribution in [-0.2, 0) is 4.79 Å². The highest BCUT2D eigenvalue weighted by Crippen LogP contribution is 2.62. The molecule has 0 amide bonds. The van der Waals surface area contributed by atoms with E-state index in [9.17, 15) is 9.90 Å². The largest absolute Gasteiger partial charge is 0.481 e. The van der Waals surface area contributed by atoms with Crippen molar-refractivity contribution in [2.45, 2.75) is 85.6 Å². The number of allylic oxidation sites excluding steroid dienone is 4. The third-order valence-corrected chi connectivity index (χ3v) is 7.45. The van der Waals surface area contributed by atoms with E-state index in [4.69, 9.17) is 10.8 Å². The molecule has 3 rings (SSSR count). The summed E-state index contributed by atoms with van der Waals surface area (Å²) in [4.78, 5) is 11.9. The average Bonchev–Trinajstić information content (AvgIpc) is 2.61. The van der Waals surface area contributed by atoms with E-state index in [1.165, 1.54) is 12.0 Å². The molecule has 28 heavy (non-hydrogen) atoms. The standard InChI is InChI=1S/C20H30O2.C4H11NO/c1-13(2)14-6-8-16-15(12-14)7-9-17-19(16,3)10-5-11-20(17,4)18(21)22;1-4(2,5)3-6/h6,12-13,16-17H,5,7-11H2,1-4H3,(H,21,22);6H,3,5H2,1-2H3. The van der Waals surface area contributed by atoms with Gasteiger partial charge in [-0.25, -0.2) is 0 Å². The summed E-state index contributed by atoms with van der Waals surface area (Å²) in [5, 5.41) is 18.1. The first-order valence-electron chi connectivity index (χ1n) is 10.9. The number of hydrogen-bond acceptors (Lipinski definition) is 3. The second-order valence-electron chi connectivity index (χ2n) is 10.7. The first kappa shape index (κ1) is 23.2. The molecule has 4 unspecified atom stereocenters. The number of carboxylic acids is 1. The van der Waals surface area contributed by atoms with E-state index in [0.29, 0.717) is 17.8 Å². The predicted molar refractivity (Wildman–Crippen MR) is 115 cm³/mol. The Morgan fingerprint density at radius 2 is 1.93 bits per heavy atom. The first-order chi connectivity index (χ1) is 12.8. The van der Waals surface area contributed by atoms with E-state index >= 15 is 0 Å². The minimum Gasteiger partial charge on any atom is -0.481 e. The third-order valence-electron chi connectivity index (χ3n) is 7.45.